The number of rotatable bonds is 5. The fourth-order valence-electron chi connectivity index (χ4n) is 3.12. The van der Waals surface area contributed by atoms with Crippen LogP contribution in [0.1, 0.15) is 42.4 Å². The van der Waals surface area contributed by atoms with Crippen molar-refractivity contribution in [1.29, 1.82) is 0 Å². The van der Waals surface area contributed by atoms with Gasteiger partial charge in [0.25, 0.3) is 0 Å². The maximum atomic E-state index is 12.8. The van der Waals surface area contributed by atoms with E-state index in [9.17, 15) is 8.42 Å². The van der Waals surface area contributed by atoms with Crippen molar-refractivity contribution in [3.8, 4) is 0 Å². The van der Waals surface area contributed by atoms with E-state index in [1.165, 1.54) is 17.1 Å². The number of benzene rings is 1. The van der Waals surface area contributed by atoms with Crippen LogP contribution in [-0.4, -0.2) is 26.3 Å². The van der Waals surface area contributed by atoms with Crippen LogP contribution in [0.3, 0.4) is 0 Å². The molecule has 1 fully saturated rings. The van der Waals surface area contributed by atoms with Gasteiger partial charge in [-0.1, -0.05) is 18.9 Å². The zero-order valence-electron chi connectivity index (χ0n) is 13.0. The lowest BCUT2D eigenvalue weighted by molar-refractivity contribution is 0.387. The summed E-state index contributed by atoms with van der Waals surface area (Å²) >= 11 is 5.92. The van der Waals surface area contributed by atoms with Gasteiger partial charge in [0.05, 0.1) is 4.90 Å². The molecule has 1 aliphatic rings. The van der Waals surface area contributed by atoms with E-state index in [0.717, 1.165) is 29.5 Å². The minimum absolute atomic E-state index is 0.334. The number of sulfonamides is 1. The topological polar surface area (TPSA) is 37.4 Å². The molecule has 0 atom stereocenters. The molecule has 0 aliphatic heterocycles. The number of nitrogens with zero attached hydrogens (tertiary/aromatic N) is 1. The average Bonchev–Trinajstić information content (AvgIpc) is 2.91. The lowest BCUT2D eigenvalue weighted by Gasteiger charge is -2.22. The Labute approximate surface area is 133 Å². The largest absolute Gasteiger partial charge is 0.243 e. The predicted molar refractivity (Wildman–Crippen MR) is 87.2 cm³/mol. The van der Waals surface area contributed by atoms with Crippen LogP contribution in [0.4, 0.5) is 0 Å². The third kappa shape index (κ3) is 3.61. The van der Waals surface area contributed by atoms with Gasteiger partial charge in [0.1, 0.15) is 0 Å². The van der Waals surface area contributed by atoms with Crippen LogP contribution >= 0.6 is 11.6 Å². The number of aryl methyl sites for hydroxylation is 2. The Morgan fingerprint density at radius 2 is 1.81 bits per heavy atom. The molecule has 2 rings (SSSR count). The average molecular weight is 330 g/mol. The first-order chi connectivity index (χ1) is 9.86. The highest BCUT2D eigenvalue weighted by Crippen LogP contribution is 2.29. The fraction of sp³-hybridized carbons (Fsp3) is 0.625. The molecule has 0 unspecified atom stereocenters. The second-order valence-electron chi connectivity index (χ2n) is 6.11. The first-order valence-corrected chi connectivity index (χ1v) is 9.46. The molecule has 1 aliphatic carbocycles. The van der Waals surface area contributed by atoms with Crippen LogP contribution in [0, 0.1) is 19.8 Å². The highest BCUT2D eigenvalue weighted by molar-refractivity contribution is 7.89. The SMILES string of the molecule is Cc1cc(C)c(S(=O)(=O)N(C)CC2CCCC2)cc1CCl. The summed E-state index contributed by atoms with van der Waals surface area (Å²) in [6.45, 7) is 4.43. The Balaban J connectivity index is 2.29. The van der Waals surface area contributed by atoms with Gasteiger partial charge in [0.2, 0.25) is 10.0 Å². The summed E-state index contributed by atoms with van der Waals surface area (Å²) in [5.74, 6) is 0.837. The smallest absolute Gasteiger partial charge is 0.207 e. The molecule has 0 heterocycles. The van der Waals surface area contributed by atoms with Crippen molar-refractivity contribution in [3.05, 3.63) is 28.8 Å². The van der Waals surface area contributed by atoms with Gasteiger partial charge >= 0.3 is 0 Å². The summed E-state index contributed by atoms with van der Waals surface area (Å²) in [6.07, 6.45) is 4.72. The van der Waals surface area contributed by atoms with Gasteiger partial charge in [-0.2, -0.15) is 0 Å². The van der Waals surface area contributed by atoms with Crippen molar-refractivity contribution in [2.75, 3.05) is 13.6 Å². The van der Waals surface area contributed by atoms with E-state index in [1.807, 2.05) is 19.9 Å². The number of halogens is 1. The van der Waals surface area contributed by atoms with Gasteiger partial charge in [0, 0.05) is 19.5 Å². The van der Waals surface area contributed by atoms with Gasteiger partial charge in [-0.25, -0.2) is 12.7 Å². The van der Waals surface area contributed by atoms with Crippen LogP contribution in [0.15, 0.2) is 17.0 Å². The molecule has 0 N–H and O–H groups in total. The molecule has 3 nitrogen and oxygen atoms in total. The molecule has 1 aromatic rings. The lowest BCUT2D eigenvalue weighted by Crippen LogP contribution is -2.31. The zero-order valence-corrected chi connectivity index (χ0v) is 14.6. The molecule has 1 aromatic carbocycles. The quantitative estimate of drug-likeness (QED) is 0.769. The minimum atomic E-state index is -3.43. The van der Waals surface area contributed by atoms with E-state index < -0.39 is 10.0 Å². The third-order valence-electron chi connectivity index (χ3n) is 4.46. The monoisotopic (exact) mass is 329 g/mol. The summed E-state index contributed by atoms with van der Waals surface area (Å²) in [4.78, 5) is 0.393. The van der Waals surface area contributed by atoms with Gasteiger partial charge in [-0.3, -0.25) is 0 Å². The van der Waals surface area contributed by atoms with Gasteiger partial charge in [-0.05, 0) is 55.4 Å². The molecule has 118 valence electrons. The molecule has 0 bridgehead atoms. The first-order valence-electron chi connectivity index (χ1n) is 7.48. The van der Waals surface area contributed by atoms with E-state index in [0.29, 0.717) is 23.2 Å². The molecule has 0 saturated heterocycles. The van der Waals surface area contributed by atoms with Crippen molar-refractivity contribution in [3.63, 3.8) is 0 Å². The van der Waals surface area contributed by atoms with Crippen LogP contribution in [-0.2, 0) is 15.9 Å². The number of hydrogen-bond acceptors (Lipinski definition) is 2. The van der Waals surface area contributed by atoms with Crippen molar-refractivity contribution in [2.45, 2.75) is 50.3 Å². The molecular weight excluding hydrogens is 306 g/mol. The Hall–Kier alpha value is -0.580. The Morgan fingerprint density at radius 1 is 1.19 bits per heavy atom. The molecule has 21 heavy (non-hydrogen) atoms. The minimum Gasteiger partial charge on any atom is -0.207 e. The van der Waals surface area contributed by atoms with Gasteiger partial charge in [-0.15, -0.1) is 11.6 Å². The van der Waals surface area contributed by atoms with Crippen molar-refractivity contribution in [2.24, 2.45) is 5.92 Å². The second kappa shape index (κ2) is 6.67. The summed E-state index contributed by atoms with van der Waals surface area (Å²) in [5, 5.41) is 0. The molecular formula is C16H24ClNO2S. The molecule has 0 amide bonds. The predicted octanol–water partition coefficient (Wildman–Crippen LogP) is 3.85. The van der Waals surface area contributed by atoms with Crippen LogP contribution < -0.4 is 0 Å². The van der Waals surface area contributed by atoms with Gasteiger partial charge < -0.3 is 0 Å². The van der Waals surface area contributed by atoms with Crippen molar-refractivity contribution >= 4 is 21.6 Å². The molecule has 5 heteroatoms. The van der Waals surface area contributed by atoms with Crippen LogP contribution in [0.2, 0.25) is 0 Å². The fourth-order valence-corrected chi connectivity index (χ4v) is 4.91. The van der Waals surface area contributed by atoms with E-state index in [2.05, 4.69) is 0 Å². The Morgan fingerprint density at radius 3 is 2.38 bits per heavy atom. The van der Waals surface area contributed by atoms with Crippen LogP contribution in [0.5, 0.6) is 0 Å². The maximum Gasteiger partial charge on any atom is 0.243 e. The van der Waals surface area contributed by atoms with E-state index in [4.69, 9.17) is 11.6 Å². The third-order valence-corrected chi connectivity index (χ3v) is 6.71. The summed E-state index contributed by atoms with van der Waals surface area (Å²) in [5.41, 5.74) is 2.72. The van der Waals surface area contributed by atoms with Crippen molar-refractivity contribution in [1.82, 2.24) is 4.31 Å². The Kier molecular flexibility index (Phi) is 5.33. The van der Waals surface area contributed by atoms with E-state index in [1.54, 1.807) is 13.1 Å². The lowest BCUT2D eigenvalue weighted by atomic mass is 10.1. The zero-order chi connectivity index (χ0) is 15.6. The molecule has 0 radical (unpaired) electrons. The highest BCUT2D eigenvalue weighted by Gasteiger charge is 2.27. The van der Waals surface area contributed by atoms with E-state index in [-0.39, 0.29) is 0 Å². The highest BCUT2D eigenvalue weighted by atomic mass is 35.5. The summed E-state index contributed by atoms with van der Waals surface area (Å²) in [6, 6.07) is 3.64. The number of hydrogen-bond donors (Lipinski definition) is 0. The maximum absolute atomic E-state index is 12.8. The first kappa shape index (κ1) is 16.8. The Bertz CT molecular complexity index is 607. The van der Waals surface area contributed by atoms with E-state index >= 15 is 0 Å². The number of alkyl halides is 1. The van der Waals surface area contributed by atoms with Crippen molar-refractivity contribution < 1.29 is 8.42 Å². The second-order valence-corrected chi connectivity index (χ2v) is 8.39. The molecule has 0 aromatic heterocycles. The molecule has 0 spiro atoms. The van der Waals surface area contributed by atoms with Crippen LogP contribution in [0.25, 0.3) is 0 Å². The summed E-state index contributed by atoms with van der Waals surface area (Å²) in [7, 11) is -1.74. The molecule has 1 saturated carbocycles. The van der Waals surface area contributed by atoms with Gasteiger partial charge in [0.15, 0.2) is 0 Å². The standard InChI is InChI=1S/C16H24ClNO2S/c1-12-8-13(2)16(9-15(12)10-17)21(19,20)18(3)11-14-6-4-5-7-14/h8-9,14H,4-7,10-11H2,1-3H3. The normalized spacial score (nSPS) is 16.8. The summed E-state index contributed by atoms with van der Waals surface area (Å²) < 4.78 is 27.1.